The standard InChI is InChI=1S/C14H14BrN5O3/c15-8-1-2-10-11(5-8)20(12-3-4-17-13(16)19-12)14(18-10)23-7-9(22)6-21/h1-5,9,21-22H,6-7H2,(H2,16,17,19). The summed E-state index contributed by atoms with van der Waals surface area (Å²) < 4.78 is 8.07. The number of ether oxygens (including phenoxy) is 1. The smallest absolute Gasteiger partial charge is 0.303 e. The van der Waals surface area contributed by atoms with E-state index in [0.717, 1.165) is 9.99 Å². The first-order valence-electron chi connectivity index (χ1n) is 6.77. The van der Waals surface area contributed by atoms with Gasteiger partial charge in [0.15, 0.2) is 0 Å². The highest BCUT2D eigenvalue weighted by Gasteiger charge is 2.16. The number of benzene rings is 1. The van der Waals surface area contributed by atoms with Gasteiger partial charge in [0, 0.05) is 16.7 Å². The molecule has 23 heavy (non-hydrogen) atoms. The molecule has 120 valence electrons. The van der Waals surface area contributed by atoms with E-state index in [4.69, 9.17) is 15.6 Å². The zero-order valence-corrected chi connectivity index (χ0v) is 13.5. The lowest BCUT2D eigenvalue weighted by Gasteiger charge is -2.11. The normalized spacial score (nSPS) is 12.5. The van der Waals surface area contributed by atoms with Gasteiger partial charge in [-0.3, -0.25) is 0 Å². The van der Waals surface area contributed by atoms with Crippen LogP contribution in [0.2, 0.25) is 0 Å². The van der Waals surface area contributed by atoms with Gasteiger partial charge in [0.2, 0.25) is 5.95 Å². The number of nitrogens with zero attached hydrogens (tertiary/aromatic N) is 4. The van der Waals surface area contributed by atoms with E-state index in [-0.39, 0.29) is 18.6 Å². The lowest BCUT2D eigenvalue weighted by molar-refractivity contribution is 0.0500. The lowest BCUT2D eigenvalue weighted by Crippen LogP contribution is -2.22. The zero-order chi connectivity index (χ0) is 16.4. The van der Waals surface area contributed by atoms with Crippen LogP contribution >= 0.6 is 15.9 Å². The molecule has 0 saturated carbocycles. The molecule has 2 aromatic heterocycles. The summed E-state index contributed by atoms with van der Waals surface area (Å²) in [4.78, 5) is 12.5. The number of fused-ring (bicyclic) bond motifs is 1. The minimum absolute atomic E-state index is 0.0957. The van der Waals surface area contributed by atoms with E-state index >= 15 is 0 Å². The highest BCUT2D eigenvalue weighted by molar-refractivity contribution is 9.10. The number of nitrogens with two attached hydrogens (primary N) is 1. The number of aliphatic hydroxyl groups is 2. The molecule has 0 aliphatic heterocycles. The van der Waals surface area contributed by atoms with Gasteiger partial charge in [-0.2, -0.15) is 9.97 Å². The van der Waals surface area contributed by atoms with Crippen molar-refractivity contribution in [1.29, 1.82) is 0 Å². The molecule has 0 bridgehead atoms. The van der Waals surface area contributed by atoms with E-state index in [2.05, 4.69) is 30.9 Å². The maximum Gasteiger partial charge on any atom is 0.303 e. The van der Waals surface area contributed by atoms with Gasteiger partial charge in [0.05, 0.1) is 17.6 Å². The molecule has 1 unspecified atom stereocenters. The second kappa shape index (κ2) is 6.49. The topological polar surface area (TPSA) is 119 Å². The number of hydrogen-bond acceptors (Lipinski definition) is 7. The average molecular weight is 380 g/mol. The SMILES string of the molecule is Nc1nccc(-n2c(OCC(O)CO)nc3ccc(Br)cc32)n1. The summed E-state index contributed by atoms with van der Waals surface area (Å²) in [6, 6.07) is 7.48. The number of anilines is 1. The third-order valence-corrected chi connectivity index (χ3v) is 3.58. The van der Waals surface area contributed by atoms with Gasteiger partial charge in [-0.15, -0.1) is 0 Å². The Morgan fingerprint density at radius 1 is 1.30 bits per heavy atom. The number of aromatic nitrogens is 4. The van der Waals surface area contributed by atoms with Crippen molar-refractivity contribution in [3.63, 3.8) is 0 Å². The van der Waals surface area contributed by atoms with Crippen LogP contribution in [0.3, 0.4) is 0 Å². The highest BCUT2D eigenvalue weighted by atomic mass is 79.9. The summed E-state index contributed by atoms with van der Waals surface area (Å²) in [6.45, 7) is -0.492. The molecule has 0 fully saturated rings. The quantitative estimate of drug-likeness (QED) is 0.602. The molecule has 3 aromatic rings. The largest absolute Gasteiger partial charge is 0.462 e. The van der Waals surface area contributed by atoms with E-state index in [0.29, 0.717) is 11.3 Å². The monoisotopic (exact) mass is 379 g/mol. The lowest BCUT2D eigenvalue weighted by atomic mass is 10.3. The molecule has 1 atom stereocenters. The summed E-state index contributed by atoms with van der Waals surface area (Å²) in [5.41, 5.74) is 7.10. The van der Waals surface area contributed by atoms with Crippen LogP contribution in [-0.4, -0.2) is 49.0 Å². The maximum absolute atomic E-state index is 9.48. The van der Waals surface area contributed by atoms with Crippen molar-refractivity contribution in [3.8, 4) is 11.8 Å². The van der Waals surface area contributed by atoms with Crippen LogP contribution in [-0.2, 0) is 0 Å². The fraction of sp³-hybridized carbons (Fsp3) is 0.214. The minimum atomic E-state index is -0.995. The van der Waals surface area contributed by atoms with Crippen LogP contribution < -0.4 is 10.5 Å². The summed E-state index contributed by atoms with van der Waals surface area (Å²) in [6.07, 6.45) is 0.541. The minimum Gasteiger partial charge on any atom is -0.462 e. The maximum atomic E-state index is 9.48. The summed E-state index contributed by atoms with van der Waals surface area (Å²) >= 11 is 3.42. The van der Waals surface area contributed by atoms with E-state index in [9.17, 15) is 5.11 Å². The van der Waals surface area contributed by atoms with Crippen LogP contribution in [0.4, 0.5) is 5.95 Å². The van der Waals surface area contributed by atoms with E-state index < -0.39 is 12.7 Å². The van der Waals surface area contributed by atoms with Crippen molar-refractivity contribution < 1.29 is 14.9 Å². The molecule has 9 heteroatoms. The van der Waals surface area contributed by atoms with Gasteiger partial charge < -0.3 is 20.7 Å². The Hall–Kier alpha value is -2.23. The number of aliphatic hydroxyl groups excluding tert-OH is 2. The predicted octanol–water partition coefficient (Wildman–Crippen LogP) is 0.892. The van der Waals surface area contributed by atoms with E-state index in [1.165, 1.54) is 6.20 Å². The Morgan fingerprint density at radius 3 is 2.87 bits per heavy atom. The fourth-order valence-corrected chi connectivity index (χ4v) is 2.41. The van der Waals surface area contributed by atoms with Crippen molar-refractivity contribution >= 4 is 32.9 Å². The average Bonchev–Trinajstić information content (AvgIpc) is 2.90. The van der Waals surface area contributed by atoms with Crippen molar-refractivity contribution in [2.75, 3.05) is 18.9 Å². The van der Waals surface area contributed by atoms with Gasteiger partial charge in [0.1, 0.15) is 18.5 Å². The van der Waals surface area contributed by atoms with Crippen LogP contribution in [0.1, 0.15) is 0 Å². The zero-order valence-electron chi connectivity index (χ0n) is 11.9. The molecule has 0 spiro atoms. The van der Waals surface area contributed by atoms with Gasteiger partial charge in [-0.25, -0.2) is 9.55 Å². The molecular weight excluding hydrogens is 366 g/mol. The Bertz CT molecular complexity index is 838. The van der Waals surface area contributed by atoms with Gasteiger partial charge in [-0.05, 0) is 18.2 Å². The molecule has 3 rings (SSSR count). The first-order valence-corrected chi connectivity index (χ1v) is 7.56. The first kappa shape index (κ1) is 15.7. The van der Waals surface area contributed by atoms with Crippen LogP contribution in [0, 0.1) is 0 Å². The number of nitrogen functional groups attached to an aromatic ring is 1. The molecule has 8 nitrogen and oxygen atoms in total. The molecule has 2 heterocycles. The number of halogens is 1. The Balaban J connectivity index is 2.13. The fourth-order valence-electron chi connectivity index (χ4n) is 2.06. The van der Waals surface area contributed by atoms with E-state index in [1.807, 2.05) is 18.2 Å². The van der Waals surface area contributed by atoms with Crippen molar-refractivity contribution in [2.24, 2.45) is 0 Å². The Morgan fingerprint density at radius 2 is 2.13 bits per heavy atom. The van der Waals surface area contributed by atoms with Crippen LogP contribution in [0.15, 0.2) is 34.9 Å². The van der Waals surface area contributed by atoms with Gasteiger partial charge in [-0.1, -0.05) is 15.9 Å². The van der Waals surface area contributed by atoms with Gasteiger partial charge >= 0.3 is 6.01 Å². The van der Waals surface area contributed by atoms with Crippen LogP contribution in [0.5, 0.6) is 6.01 Å². The second-order valence-corrected chi connectivity index (χ2v) is 5.70. The van der Waals surface area contributed by atoms with Crippen molar-refractivity contribution in [1.82, 2.24) is 19.5 Å². The second-order valence-electron chi connectivity index (χ2n) is 4.78. The summed E-state index contributed by atoms with van der Waals surface area (Å²) in [7, 11) is 0. The molecule has 0 amide bonds. The number of hydrogen-bond donors (Lipinski definition) is 3. The molecule has 0 aliphatic rings. The predicted molar refractivity (Wildman–Crippen MR) is 87.4 cm³/mol. The first-order chi connectivity index (χ1) is 11.1. The summed E-state index contributed by atoms with van der Waals surface area (Å²) in [5.74, 6) is 0.618. The number of imidazole rings is 1. The van der Waals surface area contributed by atoms with Crippen LogP contribution in [0.25, 0.3) is 16.9 Å². The molecular formula is C14H14BrN5O3. The van der Waals surface area contributed by atoms with E-state index in [1.54, 1.807) is 10.6 Å². The third kappa shape index (κ3) is 3.26. The molecule has 1 aromatic carbocycles. The number of rotatable bonds is 5. The molecule has 0 radical (unpaired) electrons. The molecule has 4 N–H and O–H groups in total. The Labute approximate surface area is 139 Å². The third-order valence-electron chi connectivity index (χ3n) is 3.09. The van der Waals surface area contributed by atoms with Crippen molar-refractivity contribution in [3.05, 3.63) is 34.9 Å². The van der Waals surface area contributed by atoms with Crippen molar-refractivity contribution in [2.45, 2.75) is 6.10 Å². The molecule has 0 saturated heterocycles. The molecule has 0 aliphatic carbocycles. The van der Waals surface area contributed by atoms with Gasteiger partial charge in [0.25, 0.3) is 0 Å². The summed E-state index contributed by atoms with van der Waals surface area (Å²) in [5, 5.41) is 18.4. The Kier molecular flexibility index (Phi) is 4.42. The highest BCUT2D eigenvalue weighted by Crippen LogP contribution is 2.28.